The van der Waals surface area contributed by atoms with E-state index in [2.05, 4.69) is 61.6 Å². The quantitative estimate of drug-likeness (QED) is 0.749. The Labute approximate surface area is 148 Å². The van der Waals surface area contributed by atoms with Crippen molar-refractivity contribution in [2.75, 3.05) is 13.6 Å². The Hall–Kier alpha value is -1.44. The Kier molecular flexibility index (Phi) is 5.86. The van der Waals surface area contributed by atoms with Gasteiger partial charge >= 0.3 is 0 Å². The minimum atomic E-state index is 0.427. The molecule has 0 spiro atoms. The molecule has 2 heteroatoms. The van der Waals surface area contributed by atoms with Gasteiger partial charge in [0.25, 0.3) is 0 Å². The molecule has 0 bridgehead atoms. The van der Waals surface area contributed by atoms with Crippen molar-refractivity contribution in [3.63, 3.8) is 0 Å². The first-order valence-corrected chi connectivity index (χ1v) is 9.90. The molecule has 0 aromatic heterocycles. The smallest absolute Gasteiger partial charge is 0.0429 e. The molecule has 2 nitrogen and oxygen atoms in total. The summed E-state index contributed by atoms with van der Waals surface area (Å²) in [6, 6.07) is 0.427. The summed E-state index contributed by atoms with van der Waals surface area (Å²) in [4.78, 5) is 2.46. The SMILES string of the molecule is CC1C=C(C2=CC=C(C(C)CCC3CCCCC3)N(C)C2)C=CN1. The van der Waals surface area contributed by atoms with Crippen LogP contribution in [-0.4, -0.2) is 24.5 Å². The lowest BCUT2D eigenvalue weighted by Gasteiger charge is -2.33. The molecule has 132 valence electrons. The van der Waals surface area contributed by atoms with Crippen LogP contribution in [0.15, 0.2) is 47.3 Å². The molecule has 1 aliphatic carbocycles. The van der Waals surface area contributed by atoms with E-state index in [1.54, 1.807) is 0 Å². The third kappa shape index (κ3) is 4.34. The maximum atomic E-state index is 3.32. The highest BCUT2D eigenvalue weighted by molar-refractivity contribution is 5.46. The number of nitrogens with one attached hydrogen (secondary N) is 1. The molecule has 2 aliphatic heterocycles. The number of nitrogens with zero attached hydrogens (tertiary/aromatic N) is 1. The fourth-order valence-electron chi connectivity index (χ4n) is 4.43. The number of likely N-dealkylation sites (N-methyl/N-ethyl adjacent to an activating group) is 1. The van der Waals surface area contributed by atoms with Gasteiger partial charge in [0.1, 0.15) is 0 Å². The molecule has 0 aromatic carbocycles. The lowest BCUT2D eigenvalue weighted by molar-refractivity contribution is 0.302. The molecule has 2 heterocycles. The number of hydrogen-bond donors (Lipinski definition) is 1. The molecular weight excluding hydrogens is 292 g/mol. The van der Waals surface area contributed by atoms with Crippen molar-refractivity contribution in [2.45, 2.75) is 64.8 Å². The van der Waals surface area contributed by atoms with Gasteiger partial charge < -0.3 is 10.2 Å². The van der Waals surface area contributed by atoms with E-state index in [0.29, 0.717) is 12.0 Å². The van der Waals surface area contributed by atoms with Crippen LogP contribution in [0.1, 0.15) is 58.8 Å². The third-order valence-corrected chi connectivity index (χ3v) is 5.96. The molecule has 0 aromatic rings. The average molecular weight is 327 g/mol. The summed E-state index contributed by atoms with van der Waals surface area (Å²) >= 11 is 0. The number of rotatable bonds is 5. The second-order valence-electron chi connectivity index (χ2n) is 8.03. The molecule has 1 saturated carbocycles. The van der Waals surface area contributed by atoms with E-state index in [1.807, 2.05) is 0 Å². The van der Waals surface area contributed by atoms with Crippen LogP contribution < -0.4 is 5.32 Å². The Bertz CT molecular complexity index is 546. The summed E-state index contributed by atoms with van der Waals surface area (Å²) in [5.41, 5.74) is 4.32. The van der Waals surface area contributed by atoms with E-state index >= 15 is 0 Å². The van der Waals surface area contributed by atoms with E-state index in [9.17, 15) is 0 Å². The van der Waals surface area contributed by atoms with Gasteiger partial charge in [0.2, 0.25) is 0 Å². The normalized spacial score (nSPS) is 26.4. The highest BCUT2D eigenvalue weighted by Crippen LogP contribution is 2.32. The molecule has 0 saturated heterocycles. The van der Waals surface area contributed by atoms with Crippen LogP contribution in [0, 0.1) is 11.8 Å². The van der Waals surface area contributed by atoms with E-state index in [0.717, 1.165) is 12.5 Å². The highest BCUT2D eigenvalue weighted by atomic mass is 15.1. The fraction of sp³-hybridized carbons (Fsp3) is 0.636. The molecule has 1 N–H and O–H groups in total. The van der Waals surface area contributed by atoms with E-state index in [-0.39, 0.29) is 0 Å². The molecule has 3 aliphatic rings. The van der Waals surface area contributed by atoms with Gasteiger partial charge in [0.05, 0.1) is 0 Å². The first-order valence-electron chi connectivity index (χ1n) is 9.90. The standard InChI is InChI=1S/C22H34N2/c1-17(9-10-19-7-5-4-6-8-19)22-12-11-21(16-24(22)3)20-13-14-23-18(2)15-20/h11-15,17-19,23H,4-10,16H2,1-3H3. The molecule has 0 radical (unpaired) electrons. The van der Waals surface area contributed by atoms with Crippen LogP contribution in [0.2, 0.25) is 0 Å². The van der Waals surface area contributed by atoms with Crippen molar-refractivity contribution in [3.05, 3.63) is 47.3 Å². The monoisotopic (exact) mass is 326 g/mol. The minimum Gasteiger partial charge on any atom is -0.385 e. The van der Waals surface area contributed by atoms with Gasteiger partial charge in [-0.1, -0.05) is 51.2 Å². The molecule has 2 atom stereocenters. The molecule has 2 unspecified atom stereocenters. The maximum Gasteiger partial charge on any atom is 0.0429 e. The van der Waals surface area contributed by atoms with Crippen LogP contribution in [0.5, 0.6) is 0 Å². The lowest BCUT2D eigenvalue weighted by atomic mass is 9.83. The zero-order valence-corrected chi connectivity index (χ0v) is 15.7. The third-order valence-electron chi connectivity index (χ3n) is 5.96. The van der Waals surface area contributed by atoms with Crippen LogP contribution in [-0.2, 0) is 0 Å². The predicted molar refractivity (Wildman–Crippen MR) is 104 cm³/mol. The summed E-state index contributed by atoms with van der Waals surface area (Å²) in [6.07, 6.45) is 21.4. The van der Waals surface area contributed by atoms with Crippen molar-refractivity contribution in [1.82, 2.24) is 10.2 Å². The van der Waals surface area contributed by atoms with Gasteiger partial charge in [-0.3, -0.25) is 0 Å². The number of allylic oxidation sites excluding steroid dienone is 4. The van der Waals surface area contributed by atoms with Gasteiger partial charge in [-0.25, -0.2) is 0 Å². The van der Waals surface area contributed by atoms with E-state index < -0.39 is 0 Å². The van der Waals surface area contributed by atoms with Crippen molar-refractivity contribution in [1.29, 1.82) is 0 Å². The summed E-state index contributed by atoms with van der Waals surface area (Å²) in [5, 5.41) is 3.32. The molecule has 24 heavy (non-hydrogen) atoms. The van der Waals surface area contributed by atoms with Crippen molar-refractivity contribution < 1.29 is 0 Å². The number of hydrogen-bond acceptors (Lipinski definition) is 2. The highest BCUT2D eigenvalue weighted by Gasteiger charge is 2.21. The zero-order chi connectivity index (χ0) is 16.9. The van der Waals surface area contributed by atoms with E-state index in [4.69, 9.17) is 0 Å². The Balaban J connectivity index is 1.60. The number of dihydropyridines is 1. The van der Waals surface area contributed by atoms with Crippen molar-refractivity contribution in [2.24, 2.45) is 11.8 Å². The second kappa shape index (κ2) is 8.09. The molecular formula is C22H34N2. The van der Waals surface area contributed by atoms with Crippen molar-refractivity contribution in [3.8, 4) is 0 Å². The Morgan fingerprint density at radius 3 is 2.71 bits per heavy atom. The lowest BCUT2D eigenvalue weighted by Crippen LogP contribution is -2.29. The predicted octanol–water partition coefficient (Wildman–Crippen LogP) is 5.17. The molecule has 3 rings (SSSR count). The van der Waals surface area contributed by atoms with Crippen LogP contribution in [0.4, 0.5) is 0 Å². The molecule has 0 amide bonds. The van der Waals surface area contributed by atoms with E-state index in [1.165, 1.54) is 61.8 Å². The first-order chi connectivity index (χ1) is 11.6. The summed E-state index contributed by atoms with van der Waals surface area (Å²) < 4.78 is 0. The van der Waals surface area contributed by atoms with Gasteiger partial charge in [0, 0.05) is 25.3 Å². The summed E-state index contributed by atoms with van der Waals surface area (Å²) in [7, 11) is 2.25. The van der Waals surface area contributed by atoms with Crippen molar-refractivity contribution >= 4 is 0 Å². The molecule has 1 fully saturated rings. The van der Waals surface area contributed by atoms with Gasteiger partial charge in [-0.2, -0.15) is 0 Å². The second-order valence-corrected chi connectivity index (χ2v) is 8.03. The van der Waals surface area contributed by atoms with Crippen LogP contribution >= 0.6 is 0 Å². The Morgan fingerprint density at radius 1 is 1.21 bits per heavy atom. The van der Waals surface area contributed by atoms with Gasteiger partial charge in [-0.15, -0.1) is 0 Å². The van der Waals surface area contributed by atoms with Crippen LogP contribution in [0.25, 0.3) is 0 Å². The minimum absolute atomic E-state index is 0.427. The largest absolute Gasteiger partial charge is 0.385 e. The Morgan fingerprint density at radius 2 is 2.00 bits per heavy atom. The summed E-state index contributed by atoms with van der Waals surface area (Å²) in [6.45, 7) is 5.64. The maximum absolute atomic E-state index is 3.32. The summed E-state index contributed by atoms with van der Waals surface area (Å²) in [5.74, 6) is 1.67. The topological polar surface area (TPSA) is 15.3 Å². The zero-order valence-electron chi connectivity index (χ0n) is 15.7. The first kappa shape index (κ1) is 17.4. The van der Waals surface area contributed by atoms with Crippen LogP contribution in [0.3, 0.4) is 0 Å². The van der Waals surface area contributed by atoms with Gasteiger partial charge in [-0.05, 0) is 61.1 Å². The van der Waals surface area contributed by atoms with Gasteiger partial charge in [0.15, 0.2) is 0 Å². The fourth-order valence-corrected chi connectivity index (χ4v) is 4.43. The average Bonchev–Trinajstić information content (AvgIpc) is 2.60.